The molecule has 0 unspecified atom stereocenters. The molecule has 1 aromatic carbocycles. The number of rotatable bonds is 4. The van der Waals surface area contributed by atoms with Crippen molar-refractivity contribution >= 4 is 5.91 Å². The number of nitrogens with one attached hydrogen (secondary N) is 1. The van der Waals surface area contributed by atoms with E-state index in [4.69, 9.17) is 9.15 Å². The molecule has 1 heterocycles. The van der Waals surface area contributed by atoms with Crippen LogP contribution in [-0.4, -0.2) is 13.0 Å². The zero-order chi connectivity index (χ0) is 13.8. The monoisotopic (exact) mass is 259 g/mol. The van der Waals surface area contributed by atoms with E-state index in [1.807, 2.05) is 26.0 Å². The maximum Gasteiger partial charge on any atom is 0.287 e. The van der Waals surface area contributed by atoms with Crippen LogP contribution < -0.4 is 10.1 Å². The van der Waals surface area contributed by atoms with Gasteiger partial charge in [0.15, 0.2) is 5.76 Å². The van der Waals surface area contributed by atoms with Gasteiger partial charge in [-0.1, -0.05) is 6.07 Å². The lowest BCUT2D eigenvalue weighted by Gasteiger charge is -2.11. The SMILES string of the molecule is COc1cc(C)c(CNC(=O)c2ccco2)cc1C. The van der Waals surface area contributed by atoms with Crippen LogP contribution in [0.15, 0.2) is 34.9 Å². The summed E-state index contributed by atoms with van der Waals surface area (Å²) in [5.74, 6) is 0.972. The van der Waals surface area contributed by atoms with E-state index < -0.39 is 0 Å². The summed E-state index contributed by atoms with van der Waals surface area (Å²) in [5.41, 5.74) is 3.20. The summed E-state index contributed by atoms with van der Waals surface area (Å²) in [5, 5.41) is 2.83. The molecule has 100 valence electrons. The highest BCUT2D eigenvalue weighted by Crippen LogP contribution is 2.22. The molecule has 2 aromatic rings. The van der Waals surface area contributed by atoms with Gasteiger partial charge in [0.2, 0.25) is 0 Å². The molecule has 0 atom stereocenters. The molecule has 1 N–H and O–H groups in total. The first-order chi connectivity index (χ1) is 9.11. The first-order valence-corrected chi connectivity index (χ1v) is 6.07. The molecule has 0 radical (unpaired) electrons. The predicted octanol–water partition coefficient (Wildman–Crippen LogP) is 2.84. The first-order valence-electron chi connectivity index (χ1n) is 6.07. The van der Waals surface area contributed by atoms with Crippen molar-refractivity contribution < 1.29 is 13.9 Å². The number of amides is 1. The molecular weight excluding hydrogens is 242 g/mol. The van der Waals surface area contributed by atoms with Crippen molar-refractivity contribution in [3.05, 3.63) is 53.0 Å². The summed E-state index contributed by atoms with van der Waals surface area (Å²) in [6.07, 6.45) is 1.48. The lowest BCUT2D eigenvalue weighted by molar-refractivity contribution is 0.0923. The van der Waals surface area contributed by atoms with E-state index in [1.165, 1.54) is 6.26 Å². The Labute approximate surface area is 112 Å². The molecule has 0 aliphatic rings. The Hall–Kier alpha value is -2.23. The smallest absolute Gasteiger partial charge is 0.287 e. The van der Waals surface area contributed by atoms with Crippen LogP contribution in [0.2, 0.25) is 0 Å². The minimum atomic E-state index is -0.210. The van der Waals surface area contributed by atoms with E-state index in [-0.39, 0.29) is 5.91 Å². The maximum atomic E-state index is 11.8. The van der Waals surface area contributed by atoms with E-state index in [0.717, 1.165) is 22.4 Å². The highest BCUT2D eigenvalue weighted by Gasteiger charge is 2.10. The summed E-state index contributed by atoms with van der Waals surface area (Å²) in [6, 6.07) is 7.33. The van der Waals surface area contributed by atoms with Gasteiger partial charge in [0.05, 0.1) is 13.4 Å². The number of methoxy groups -OCH3 is 1. The number of hydrogen-bond acceptors (Lipinski definition) is 3. The fourth-order valence-electron chi connectivity index (χ4n) is 1.93. The Morgan fingerprint density at radius 1 is 1.32 bits per heavy atom. The largest absolute Gasteiger partial charge is 0.496 e. The van der Waals surface area contributed by atoms with Crippen molar-refractivity contribution in [2.24, 2.45) is 0 Å². The molecule has 0 saturated carbocycles. The Bertz CT molecular complexity index is 573. The minimum Gasteiger partial charge on any atom is -0.496 e. The third-order valence-electron chi connectivity index (χ3n) is 3.04. The van der Waals surface area contributed by atoms with Crippen LogP contribution in [0.3, 0.4) is 0 Å². The molecule has 0 bridgehead atoms. The summed E-state index contributed by atoms with van der Waals surface area (Å²) in [7, 11) is 1.65. The fraction of sp³-hybridized carbons (Fsp3) is 0.267. The van der Waals surface area contributed by atoms with Crippen molar-refractivity contribution in [2.45, 2.75) is 20.4 Å². The average Bonchev–Trinajstić information content (AvgIpc) is 2.93. The first kappa shape index (κ1) is 13.2. The van der Waals surface area contributed by atoms with Gasteiger partial charge < -0.3 is 14.5 Å². The molecule has 0 fully saturated rings. The Morgan fingerprint density at radius 2 is 2.11 bits per heavy atom. The van der Waals surface area contributed by atoms with Crippen LogP contribution in [0.5, 0.6) is 5.75 Å². The lowest BCUT2D eigenvalue weighted by Crippen LogP contribution is -2.22. The van der Waals surface area contributed by atoms with Crippen LogP contribution in [-0.2, 0) is 6.54 Å². The van der Waals surface area contributed by atoms with Gasteiger partial charge in [-0.25, -0.2) is 0 Å². The molecule has 1 aromatic heterocycles. The van der Waals surface area contributed by atoms with Crippen molar-refractivity contribution in [2.75, 3.05) is 7.11 Å². The number of aryl methyl sites for hydroxylation is 2. The molecule has 0 spiro atoms. The van der Waals surface area contributed by atoms with E-state index in [1.54, 1.807) is 19.2 Å². The van der Waals surface area contributed by atoms with E-state index in [0.29, 0.717) is 12.3 Å². The molecule has 4 heteroatoms. The van der Waals surface area contributed by atoms with Crippen LogP contribution in [0.4, 0.5) is 0 Å². The van der Waals surface area contributed by atoms with Gasteiger partial charge in [0.1, 0.15) is 5.75 Å². The van der Waals surface area contributed by atoms with Gasteiger partial charge in [0, 0.05) is 6.54 Å². The number of carbonyl (C=O) groups is 1. The predicted molar refractivity (Wildman–Crippen MR) is 72.3 cm³/mol. The molecule has 0 aliphatic carbocycles. The van der Waals surface area contributed by atoms with E-state index in [9.17, 15) is 4.79 Å². The quantitative estimate of drug-likeness (QED) is 0.918. The lowest BCUT2D eigenvalue weighted by atomic mass is 10.0. The van der Waals surface area contributed by atoms with Crippen molar-refractivity contribution in [1.29, 1.82) is 0 Å². The normalized spacial score (nSPS) is 10.3. The third-order valence-corrected chi connectivity index (χ3v) is 3.04. The van der Waals surface area contributed by atoms with E-state index >= 15 is 0 Å². The number of benzene rings is 1. The van der Waals surface area contributed by atoms with Gasteiger partial charge in [-0.3, -0.25) is 4.79 Å². The van der Waals surface area contributed by atoms with Gasteiger partial charge in [-0.05, 0) is 48.7 Å². The topological polar surface area (TPSA) is 51.5 Å². The van der Waals surface area contributed by atoms with Gasteiger partial charge in [-0.2, -0.15) is 0 Å². The Balaban J connectivity index is 2.08. The van der Waals surface area contributed by atoms with Crippen LogP contribution in [0.1, 0.15) is 27.2 Å². The Kier molecular flexibility index (Phi) is 3.90. The van der Waals surface area contributed by atoms with Crippen molar-refractivity contribution in [3.8, 4) is 5.75 Å². The van der Waals surface area contributed by atoms with Crippen LogP contribution in [0, 0.1) is 13.8 Å². The zero-order valence-corrected chi connectivity index (χ0v) is 11.3. The average molecular weight is 259 g/mol. The summed E-state index contributed by atoms with van der Waals surface area (Å²) >= 11 is 0. The van der Waals surface area contributed by atoms with Crippen molar-refractivity contribution in [1.82, 2.24) is 5.32 Å². The van der Waals surface area contributed by atoms with Crippen molar-refractivity contribution in [3.63, 3.8) is 0 Å². The molecule has 0 saturated heterocycles. The maximum absolute atomic E-state index is 11.8. The molecule has 1 amide bonds. The second kappa shape index (κ2) is 5.61. The zero-order valence-electron chi connectivity index (χ0n) is 11.3. The highest BCUT2D eigenvalue weighted by atomic mass is 16.5. The van der Waals surface area contributed by atoms with Gasteiger partial charge >= 0.3 is 0 Å². The van der Waals surface area contributed by atoms with Crippen LogP contribution in [0.25, 0.3) is 0 Å². The molecule has 0 aliphatic heterocycles. The number of ether oxygens (including phenoxy) is 1. The molecule has 4 nitrogen and oxygen atoms in total. The molecule has 19 heavy (non-hydrogen) atoms. The minimum absolute atomic E-state index is 0.210. The fourth-order valence-corrected chi connectivity index (χ4v) is 1.93. The Morgan fingerprint density at radius 3 is 2.74 bits per heavy atom. The highest BCUT2D eigenvalue weighted by molar-refractivity contribution is 5.91. The number of hydrogen-bond donors (Lipinski definition) is 1. The summed E-state index contributed by atoms with van der Waals surface area (Å²) in [6.45, 7) is 4.45. The molecular formula is C15H17NO3. The number of furan rings is 1. The second-order valence-corrected chi connectivity index (χ2v) is 4.41. The molecule has 2 rings (SSSR count). The van der Waals surface area contributed by atoms with Gasteiger partial charge in [0.25, 0.3) is 5.91 Å². The third kappa shape index (κ3) is 2.96. The second-order valence-electron chi connectivity index (χ2n) is 4.41. The number of carbonyl (C=O) groups excluding carboxylic acids is 1. The standard InChI is InChI=1S/C15H17NO3/c1-10-8-14(18-3)11(2)7-12(10)9-16-15(17)13-5-4-6-19-13/h4-8H,9H2,1-3H3,(H,16,17). The van der Waals surface area contributed by atoms with Crippen LogP contribution >= 0.6 is 0 Å². The summed E-state index contributed by atoms with van der Waals surface area (Å²) in [4.78, 5) is 11.8. The van der Waals surface area contributed by atoms with E-state index in [2.05, 4.69) is 5.32 Å². The summed E-state index contributed by atoms with van der Waals surface area (Å²) < 4.78 is 10.3. The van der Waals surface area contributed by atoms with Gasteiger partial charge in [-0.15, -0.1) is 0 Å².